The molecular formula is C18H16ClN. The zero-order valence-corrected chi connectivity index (χ0v) is 12.4. The molecule has 100 valence electrons. The molecule has 1 heterocycles. The molecule has 2 aromatic carbocycles. The van der Waals surface area contributed by atoms with Crippen molar-refractivity contribution in [2.45, 2.75) is 19.8 Å². The molecule has 0 spiro atoms. The normalized spacial score (nSPS) is 11.2. The molecule has 0 aliphatic carbocycles. The molecule has 0 saturated heterocycles. The van der Waals surface area contributed by atoms with E-state index in [-0.39, 0.29) is 0 Å². The number of hydrogen-bond donors (Lipinski definition) is 0. The van der Waals surface area contributed by atoms with Crippen LogP contribution in [0.3, 0.4) is 0 Å². The summed E-state index contributed by atoms with van der Waals surface area (Å²) in [6.07, 6.45) is 0. The van der Waals surface area contributed by atoms with Crippen molar-refractivity contribution in [2.24, 2.45) is 0 Å². The minimum atomic E-state index is 0.530. The lowest BCUT2D eigenvalue weighted by molar-refractivity contribution is 0.868. The molecule has 2 heteroatoms. The van der Waals surface area contributed by atoms with E-state index in [1.165, 1.54) is 10.9 Å². The second kappa shape index (κ2) is 5.26. The van der Waals surface area contributed by atoms with E-state index in [2.05, 4.69) is 38.1 Å². The van der Waals surface area contributed by atoms with Gasteiger partial charge >= 0.3 is 0 Å². The van der Waals surface area contributed by atoms with Crippen LogP contribution in [0.5, 0.6) is 0 Å². The maximum absolute atomic E-state index is 6.24. The fourth-order valence-electron chi connectivity index (χ4n) is 2.32. The smallest absolute Gasteiger partial charge is 0.0724 e. The van der Waals surface area contributed by atoms with Gasteiger partial charge in [-0.25, -0.2) is 4.98 Å². The fraction of sp³-hybridized carbons (Fsp3) is 0.167. The Hall–Kier alpha value is -1.86. The second-order valence-corrected chi connectivity index (χ2v) is 5.69. The van der Waals surface area contributed by atoms with Crippen LogP contribution in [0.15, 0.2) is 54.6 Å². The molecule has 1 aromatic heterocycles. The summed E-state index contributed by atoms with van der Waals surface area (Å²) in [6.45, 7) is 4.40. The topological polar surface area (TPSA) is 12.9 Å². The Kier molecular flexibility index (Phi) is 3.45. The lowest BCUT2D eigenvalue weighted by atomic mass is 10.0. The van der Waals surface area contributed by atoms with Crippen molar-refractivity contribution in [1.29, 1.82) is 0 Å². The van der Waals surface area contributed by atoms with Crippen molar-refractivity contribution in [1.82, 2.24) is 4.98 Å². The minimum absolute atomic E-state index is 0.530. The van der Waals surface area contributed by atoms with Gasteiger partial charge in [-0.3, -0.25) is 0 Å². The first-order chi connectivity index (χ1) is 9.65. The van der Waals surface area contributed by atoms with E-state index < -0.39 is 0 Å². The molecule has 0 atom stereocenters. The molecule has 3 aromatic rings. The molecule has 0 aliphatic rings. The van der Waals surface area contributed by atoms with Gasteiger partial charge in [0.15, 0.2) is 0 Å². The summed E-state index contributed by atoms with van der Waals surface area (Å²) in [5.41, 5.74) is 4.24. The van der Waals surface area contributed by atoms with Crippen LogP contribution in [0.2, 0.25) is 5.02 Å². The molecule has 0 fully saturated rings. The van der Waals surface area contributed by atoms with Crippen molar-refractivity contribution in [3.8, 4) is 11.3 Å². The highest BCUT2D eigenvalue weighted by atomic mass is 35.5. The molecule has 0 aliphatic heterocycles. The molecule has 0 unspecified atom stereocenters. The van der Waals surface area contributed by atoms with Crippen molar-refractivity contribution in [2.75, 3.05) is 0 Å². The predicted octanol–water partition coefficient (Wildman–Crippen LogP) is 5.68. The number of nitrogens with zero attached hydrogens (tertiary/aromatic N) is 1. The third-order valence-corrected chi connectivity index (χ3v) is 3.86. The average Bonchev–Trinajstić information content (AvgIpc) is 2.46. The molecule has 1 nitrogen and oxygen atoms in total. The van der Waals surface area contributed by atoms with Crippen molar-refractivity contribution >= 4 is 22.5 Å². The maximum atomic E-state index is 6.24. The first kappa shape index (κ1) is 13.1. The maximum Gasteiger partial charge on any atom is 0.0724 e. The lowest BCUT2D eigenvalue weighted by Gasteiger charge is -2.08. The van der Waals surface area contributed by atoms with Gasteiger partial charge in [0, 0.05) is 16.0 Å². The molecule has 0 amide bonds. The highest BCUT2D eigenvalue weighted by Crippen LogP contribution is 2.28. The Labute approximate surface area is 124 Å². The van der Waals surface area contributed by atoms with Gasteiger partial charge in [0.25, 0.3) is 0 Å². The Morgan fingerprint density at radius 1 is 0.950 bits per heavy atom. The van der Waals surface area contributed by atoms with E-state index in [1.807, 2.05) is 30.3 Å². The summed E-state index contributed by atoms with van der Waals surface area (Å²) < 4.78 is 0. The van der Waals surface area contributed by atoms with Crippen LogP contribution in [0, 0.1) is 0 Å². The second-order valence-electron chi connectivity index (χ2n) is 5.28. The van der Waals surface area contributed by atoms with Crippen LogP contribution < -0.4 is 0 Å². The SMILES string of the molecule is CC(C)c1ccc2nc(-c3ccccc3Cl)ccc2c1. The molecule has 0 saturated carbocycles. The number of benzene rings is 2. The number of pyridine rings is 1. The molecule has 0 N–H and O–H groups in total. The van der Waals surface area contributed by atoms with Crippen molar-refractivity contribution in [3.05, 3.63) is 65.2 Å². The third kappa shape index (κ3) is 2.41. The van der Waals surface area contributed by atoms with Crippen molar-refractivity contribution in [3.63, 3.8) is 0 Å². The largest absolute Gasteiger partial charge is 0.248 e. The van der Waals surface area contributed by atoms with E-state index >= 15 is 0 Å². The highest BCUT2D eigenvalue weighted by Gasteiger charge is 2.06. The fourth-order valence-corrected chi connectivity index (χ4v) is 2.55. The molecular weight excluding hydrogens is 266 g/mol. The molecule has 20 heavy (non-hydrogen) atoms. The first-order valence-electron chi connectivity index (χ1n) is 6.81. The van der Waals surface area contributed by atoms with E-state index in [9.17, 15) is 0 Å². The van der Waals surface area contributed by atoms with Gasteiger partial charge in [-0.05, 0) is 35.7 Å². The van der Waals surface area contributed by atoms with E-state index in [0.717, 1.165) is 21.8 Å². The average molecular weight is 282 g/mol. The van der Waals surface area contributed by atoms with Gasteiger partial charge in [0.05, 0.1) is 11.2 Å². The zero-order chi connectivity index (χ0) is 14.1. The highest BCUT2D eigenvalue weighted by molar-refractivity contribution is 6.33. The predicted molar refractivity (Wildman–Crippen MR) is 86.3 cm³/mol. The summed E-state index contributed by atoms with van der Waals surface area (Å²) >= 11 is 6.24. The van der Waals surface area contributed by atoms with Crippen LogP contribution in [-0.2, 0) is 0 Å². The third-order valence-electron chi connectivity index (χ3n) is 3.53. The van der Waals surface area contributed by atoms with Gasteiger partial charge in [0.1, 0.15) is 0 Å². The van der Waals surface area contributed by atoms with E-state index in [1.54, 1.807) is 0 Å². The van der Waals surface area contributed by atoms with E-state index in [4.69, 9.17) is 16.6 Å². The number of aromatic nitrogens is 1. The van der Waals surface area contributed by atoms with Crippen LogP contribution in [-0.4, -0.2) is 4.98 Å². The number of halogens is 1. The molecule has 0 bridgehead atoms. The standard InChI is InChI=1S/C18H16ClN/c1-12(2)13-7-9-17-14(11-13)8-10-18(20-17)15-5-3-4-6-16(15)19/h3-12H,1-2H3. The van der Waals surface area contributed by atoms with Crippen LogP contribution in [0.1, 0.15) is 25.3 Å². The Morgan fingerprint density at radius 2 is 1.75 bits per heavy atom. The van der Waals surface area contributed by atoms with Crippen LogP contribution in [0.25, 0.3) is 22.2 Å². The minimum Gasteiger partial charge on any atom is -0.248 e. The molecule has 3 rings (SSSR count). The summed E-state index contributed by atoms with van der Waals surface area (Å²) in [6, 6.07) is 18.4. The van der Waals surface area contributed by atoms with Crippen molar-refractivity contribution < 1.29 is 0 Å². The van der Waals surface area contributed by atoms with Gasteiger partial charge in [0.2, 0.25) is 0 Å². The van der Waals surface area contributed by atoms with Gasteiger partial charge in [-0.1, -0.05) is 55.8 Å². The Morgan fingerprint density at radius 3 is 2.50 bits per heavy atom. The van der Waals surface area contributed by atoms with Crippen LogP contribution >= 0.6 is 11.6 Å². The quantitative estimate of drug-likeness (QED) is 0.589. The summed E-state index contributed by atoms with van der Waals surface area (Å²) in [5, 5.41) is 1.91. The summed E-state index contributed by atoms with van der Waals surface area (Å²) in [4.78, 5) is 4.72. The van der Waals surface area contributed by atoms with Gasteiger partial charge in [-0.15, -0.1) is 0 Å². The monoisotopic (exact) mass is 281 g/mol. The Balaban J connectivity index is 2.12. The zero-order valence-electron chi connectivity index (χ0n) is 11.6. The number of fused-ring (bicyclic) bond motifs is 1. The van der Waals surface area contributed by atoms with Gasteiger partial charge in [-0.2, -0.15) is 0 Å². The van der Waals surface area contributed by atoms with E-state index in [0.29, 0.717) is 5.92 Å². The Bertz CT molecular complexity index is 762. The number of hydrogen-bond acceptors (Lipinski definition) is 1. The van der Waals surface area contributed by atoms with Gasteiger partial charge < -0.3 is 0 Å². The lowest BCUT2D eigenvalue weighted by Crippen LogP contribution is -1.90. The molecule has 0 radical (unpaired) electrons. The first-order valence-corrected chi connectivity index (χ1v) is 7.18. The summed E-state index contributed by atoms with van der Waals surface area (Å²) in [5.74, 6) is 0.530. The number of rotatable bonds is 2. The van der Waals surface area contributed by atoms with Crippen LogP contribution in [0.4, 0.5) is 0 Å². The summed E-state index contributed by atoms with van der Waals surface area (Å²) in [7, 11) is 0.